The molecule has 7 heteroatoms. The molecule has 1 aromatic heterocycles. The Morgan fingerprint density at radius 3 is 2.46 bits per heavy atom. The van der Waals surface area contributed by atoms with E-state index in [9.17, 15) is 13.7 Å². The fourth-order valence-corrected chi connectivity index (χ4v) is 4.54. The number of rotatable bonds is 7. The molecule has 1 fully saturated rings. The lowest BCUT2D eigenvalue weighted by molar-refractivity contribution is 0.323. The summed E-state index contributed by atoms with van der Waals surface area (Å²) in [4.78, 5) is 0. The summed E-state index contributed by atoms with van der Waals surface area (Å²) in [5.41, 5.74) is 2.44. The van der Waals surface area contributed by atoms with Crippen molar-refractivity contribution < 1.29 is 8.42 Å². The van der Waals surface area contributed by atoms with E-state index >= 15 is 0 Å². The third-order valence-electron chi connectivity index (χ3n) is 5.39. The molecule has 1 aliphatic carbocycles. The van der Waals surface area contributed by atoms with Crippen LogP contribution in [-0.2, 0) is 10.0 Å². The Labute approximate surface area is 167 Å². The van der Waals surface area contributed by atoms with Crippen LogP contribution in [0.2, 0.25) is 0 Å². The van der Waals surface area contributed by atoms with Crippen molar-refractivity contribution >= 4 is 15.7 Å². The van der Waals surface area contributed by atoms with Gasteiger partial charge in [0.05, 0.1) is 16.5 Å². The van der Waals surface area contributed by atoms with Gasteiger partial charge >= 0.3 is 0 Å². The Bertz CT molecular complexity index is 922. The van der Waals surface area contributed by atoms with Crippen LogP contribution in [-0.4, -0.2) is 30.8 Å². The highest BCUT2D eigenvalue weighted by atomic mass is 32.2. The van der Waals surface area contributed by atoms with Crippen LogP contribution in [0.1, 0.15) is 45.1 Å². The Morgan fingerprint density at radius 1 is 1.18 bits per heavy atom. The van der Waals surface area contributed by atoms with Gasteiger partial charge in [-0.05, 0) is 75.8 Å². The van der Waals surface area contributed by atoms with Crippen LogP contribution in [0.15, 0.2) is 42.7 Å². The zero-order chi connectivity index (χ0) is 20.1. The van der Waals surface area contributed by atoms with Gasteiger partial charge in [0.1, 0.15) is 6.07 Å². The second-order valence-electron chi connectivity index (χ2n) is 7.74. The molecule has 0 atom stereocenters. The Hall–Kier alpha value is -2.30. The summed E-state index contributed by atoms with van der Waals surface area (Å²) in [6, 6.07) is 12.0. The van der Waals surface area contributed by atoms with E-state index in [1.54, 1.807) is 13.8 Å². The zero-order valence-corrected chi connectivity index (χ0v) is 17.2. The predicted molar refractivity (Wildman–Crippen MR) is 112 cm³/mol. The lowest BCUT2D eigenvalue weighted by atomic mass is 9.86. The van der Waals surface area contributed by atoms with Gasteiger partial charge in [-0.15, -0.1) is 0 Å². The highest BCUT2D eigenvalue weighted by Gasteiger charge is 2.26. The van der Waals surface area contributed by atoms with Gasteiger partial charge in [-0.2, -0.15) is 5.26 Å². The Morgan fingerprint density at radius 2 is 1.86 bits per heavy atom. The van der Waals surface area contributed by atoms with E-state index in [2.05, 4.69) is 16.1 Å². The first-order valence-electron chi connectivity index (χ1n) is 9.81. The van der Waals surface area contributed by atoms with Gasteiger partial charge in [-0.3, -0.25) is 0 Å². The van der Waals surface area contributed by atoms with E-state index in [1.807, 2.05) is 47.3 Å². The van der Waals surface area contributed by atoms with Crippen molar-refractivity contribution in [1.82, 2.24) is 9.29 Å². The minimum absolute atomic E-state index is 0.0506. The van der Waals surface area contributed by atoms with Crippen LogP contribution in [0, 0.1) is 17.2 Å². The van der Waals surface area contributed by atoms with Crippen LogP contribution < -0.4 is 10.0 Å². The van der Waals surface area contributed by atoms with Crippen LogP contribution in [0.3, 0.4) is 0 Å². The van der Waals surface area contributed by atoms with E-state index in [0.717, 1.165) is 43.6 Å². The Kier molecular flexibility index (Phi) is 6.42. The maximum absolute atomic E-state index is 12.0. The quantitative estimate of drug-likeness (QED) is 0.743. The van der Waals surface area contributed by atoms with Crippen LogP contribution in [0.25, 0.3) is 5.69 Å². The first-order chi connectivity index (χ1) is 13.4. The molecule has 1 heterocycles. The Balaban J connectivity index is 1.53. The summed E-state index contributed by atoms with van der Waals surface area (Å²) in [6.45, 7) is 4.24. The number of hydrogen-bond donors (Lipinski definition) is 2. The van der Waals surface area contributed by atoms with E-state index in [1.165, 1.54) is 0 Å². The first-order valence-corrected chi connectivity index (χ1v) is 11.4. The number of nitriles is 1. The molecule has 3 rings (SSSR count). The fourth-order valence-electron chi connectivity index (χ4n) is 3.57. The first kappa shape index (κ1) is 20.4. The summed E-state index contributed by atoms with van der Waals surface area (Å²) >= 11 is 0. The van der Waals surface area contributed by atoms with Crippen molar-refractivity contribution in [2.24, 2.45) is 5.92 Å². The molecular formula is C21H28N4O2S. The number of anilines is 1. The van der Waals surface area contributed by atoms with Gasteiger partial charge in [-0.1, -0.05) is 0 Å². The summed E-state index contributed by atoms with van der Waals surface area (Å²) in [5, 5.41) is 12.5. The van der Waals surface area contributed by atoms with Gasteiger partial charge in [0.25, 0.3) is 0 Å². The lowest BCUT2D eigenvalue weighted by Crippen LogP contribution is -2.41. The minimum atomic E-state index is -3.20. The highest BCUT2D eigenvalue weighted by Crippen LogP contribution is 2.26. The number of nitrogens with one attached hydrogen (secondary N) is 2. The summed E-state index contributed by atoms with van der Waals surface area (Å²) in [5.74, 6) is 0.509. The summed E-state index contributed by atoms with van der Waals surface area (Å²) in [6.07, 6.45) is 7.57. The average Bonchev–Trinajstić information content (AvgIpc) is 3.21. The van der Waals surface area contributed by atoms with Crippen molar-refractivity contribution in [1.29, 1.82) is 5.26 Å². The van der Waals surface area contributed by atoms with Gasteiger partial charge in [0, 0.05) is 30.7 Å². The molecule has 0 unspecified atom stereocenters. The van der Waals surface area contributed by atoms with Crippen molar-refractivity contribution in [2.45, 2.75) is 50.8 Å². The van der Waals surface area contributed by atoms with E-state index < -0.39 is 15.3 Å². The number of sulfonamides is 1. The number of aromatic nitrogens is 1. The molecule has 2 N–H and O–H groups in total. The number of hydrogen-bond acceptors (Lipinski definition) is 4. The fraction of sp³-hybridized carbons (Fsp3) is 0.476. The third kappa shape index (κ3) is 4.94. The molecule has 0 bridgehead atoms. The van der Waals surface area contributed by atoms with Gasteiger partial charge in [0.2, 0.25) is 10.0 Å². The molecule has 6 nitrogen and oxygen atoms in total. The van der Waals surface area contributed by atoms with Crippen molar-refractivity contribution in [3.63, 3.8) is 0 Å². The summed E-state index contributed by atoms with van der Waals surface area (Å²) < 4.78 is 28.8. The van der Waals surface area contributed by atoms with Crippen molar-refractivity contribution in [3.8, 4) is 11.8 Å². The smallest absolute Gasteiger partial charge is 0.214 e. The molecule has 0 radical (unpaired) electrons. The molecular weight excluding hydrogens is 372 g/mol. The largest absolute Gasteiger partial charge is 0.385 e. The highest BCUT2D eigenvalue weighted by molar-refractivity contribution is 7.90. The zero-order valence-electron chi connectivity index (χ0n) is 16.4. The topological polar surface area (TPSA) is 86.9 Å². The maximum atomic E-state index is 12.0. The van der Waals surface area contributed by atoms with Crippen molar-refractivity contribution in [3.05, 3.63) is 48.3 Å². The molecule has 1 saturated carbocycles. The SMILES string of the molecule is CC(C)S(=O)(=O)N[C@H]1CC[C@H](CNc2ccc(-n3cccc3)c(C#N)c2)CC1. The molecule has 150 valence electrons. The summed E-state index contributed by atoms with van der Waals surface area (Å²) in [7, 11) is -3.20. The molecule has 0 amide bonds. The molecule has 0 spiro atoms. The molecule has 1 aliphatic rings. The molecule has 2 aromatic rings. The average molecular weight is 401 g/mol. The van der Waals surface area contributed by atoms with Crippen LogP contribution in [0.4, 0.5) is 5.69 Å². The molecule has 0 saturated heterocycles. The molecule has 1 aromatic carbocycles. The predicted octanol–water partition coefficient (Wildman–Crippen LogP) is 3.65. The second kappa shape index (κ2) is 8.80. The lowest BCUT2D eigenvalue weighted by Gasteiger charge is -2.29. The third-order valence-corrected chi connectivity index (χ3v) is 7.30. The number of benzene rings is 1. The van der Waals surface area contributed by atoms with Crippen molar-refractivity contribution in [2.75, 3.05) is 11.9 Å². The minimum Gasteiger partial charge on any atom is -0.385 e. The monoisotopic (exact) mass is 400 g/mol. The van der Waals surface area contributed by atoms with Crippen LogP contribution in [0.5, 0.6) is 0 Å². The van der Waals surface area contributed by atoms with E-state index in [-0.39, 0.29) is 6.04 Å². The van der Waals surface area contributed by atoms with Gasteiger partial charge < -0.3 is 9.88 Å². The van der Waals surface area contributed by atoms with Gasteiger partial charge in [0.15, 0.2) is 0 Å². The standard InChI is InChI=1S/C21H28N4O2S/c1-16(2)28(26,27)24-19-7-5-17(6-8-19)15-23-20-9-10-21(18(13-20)14-22)25-11-3-4-12-25/h3-4,9-13,16-17,19,23-24H,5-8,15H2,1-2H3/t17-,19-. The maximum Gasteiger partial charge on any atom is 0.214 e. The number of nitrogens with zero attached hydrogens (tertiary/aromatic N) is 2. The molecule has 0 aliphatic heterocycles. The van der Waals surface area contributed by atoms with E-state index in [0.29, 0.717) is 11.5 Å². The molecule has 28 heavy (non-hydrogen) atoms. The second-order valence-corrected chi connectivity index (χ2v) is 10.0. The van der Waals surface area contributed by atoms with Crippen LogP contribution >= 0.6 is 0 Å². The normalized spacial score (nSPS) is 20.1. The van der Waals surface area contributed by atoms with Gasteiger partial charge in [-0.25, -0.2) is 13.1 Å². The van der Waals surface area contributed by atoms with E-state index in [4.69, 9.17) is 0 Å².